The van der Waals surface area contributed by atoms with Crippen LogP contribution in [0, 0.1) is 0 Å². The Hall–Kier alpha value is -2.24. The predicted octanol–water partition coefficient (Wildman–Crippen LogP) is 3.98. The summed E-state index contributed by atoms with van der Waals surface area (Å²) in [6, 6.07) is 13.5. The van der Waals surface area contributed by atoms with E-state index in [1.165, 1.54) is 0 Å². The molecule has 0 saturated carbocycles. The minimum Gasteiger partial charge on any atom is -0.490 e. The number of hydrogen-bond acceptors (Lipinski definition) is 5. The van der Waals surface area contributed by atoms with Crippen LogP contribution in [-0.4, -0.2) is 44.1 Å². The van der Waals surface area contributed by atoms with Crippen molar-refractivity contribution in [2.45, 2.75) is 13.5 Å². The number of hydrogen-bond donors (Lipinski definition) is 0. The highest BCUT2D eigenvalue weighted by molar-refractivity contribution is 6.30. The van der Waals surface area contributed by atoms with E-state index in [-0.39, 0.29) is 0 Å². The fourth-order valence-corrected chi connectivity index (χ4v) is 2.68. The second-order valence-electron chi connectivity index (χ2n) is 5.86. The number of hydrazone groups is 1. The summed E-state index contributed by atoms with van der Waals surface area (Å²) < 4.78 is 17.0. The van der Waals surface area contributed by atoms with E-state index in [0.29, 0.717) is 29.7 Å². The van der Waals surface area contributed by atoms with E-state index in [2.05, 4.69) is 5.10 Å². The third kappa shape index (κ3) is 5.38. The van der Waals surface area contributed by atoms with Gasteiger partial charge >= 0.3 is 0 Å². The summed E-state index contributed by atoms with van der Waals surface area (Å²) in [6.07, 6.45) is 1.84. The molecule has 1 aliphatic heterocycles. The number of benzene rings is 2. The maximum Gasteiger partial charge on any atom is 0.161 e. The lowest BCUT2D eigenvalue weighted by Crippen LogP contribution is -2.32. The molecule has 1 heterocycles. The summed E-state index contributed by atoms with van der Waals surface area (Å²) in [6.45, 7) is 6.06. The second kappa shape index (κ2) is 9.46. The van der Waals surface area contributed by atoms with Gasteiger partial charge in [-0.1, -0.05) is 23.7 Å². The Kier molecular flexibility index (Phi) is 6.75. The average molecular weight is 375 g/mol. The van der Waals surface area contributed by atoms with Gasteiger partial charge in [-0.15, -0.1) is 0 Å². The summed E-state index contributed by atoms with van der Waals surface area (Å²) >= 11 is 5.91. The van der Waals surface area contributed by atoms with Gasteiger partial charge in [0.2, 0.25) is 0 Å². The van der Waals surface area contributed by atoms with Crippen molar-refractivity contribution in [3.05, 3.63) is 58.6 Å². The van der Waals surface area contributed by atoms with Crippen LogP contribution in [0.3, 0.4) is 0 Å². The van der Waals surface area contributed by atoms with E-state index in [1.807, 2.05) is 60.6 Å². The van der Waals surface area contributed by atoms with Gasteiger partial charge in [0.1, 0.15) is 6.61 Å². The monoisotopic (exact) mass is 374 g/mol. The lowest BCUT2D eigenvalue weighted by Gasteiger charge is -2.23. The number of ether oxygens (including phenoxy) is 3. The van der Waals surface area contributed by atoms with Gasteiger partial charge in [-0.2, -0.15) is 5.10 Å². The van der Waals surface area contributed by atoms with Crippen LogP contribution in [0.5, 0.6) is 11.5 Å². The van der Waals surface area contributed by atoms with Gasteiger partial charge in [0.05, 0.1) is 39.1 Å². The summed E-state index contributed by atoms with van der Waals surface area (Å²) in [7, 11) is 0. The molecule has 26 heavy (non-hydrogen) atoms. The molecule has 6 heteroatoms. The van der Waals surface area contributed by atoms with E-state index < -0.39 is 0 Å². The lowest BCUT2D eigenvalue weighted by molar-refractivity contribution is 0.0397. The first kappa shape index (κ1) is 18.5. The summed E-state index contributed by atoms with van der Waals surface area (Å²) in [4.78, 5) is 0. The van der Waals surface area contributed by atoms with Gasteiger partial charge in [-0.3, -0.25) is 5.01 Å². The van der Waals surface area contributed by atoms with Crippen LogP contribution in [0.4, 0.5) is 0 Å². The highest BCUT2D eigenvalue weighted by Crippen LogP contribution is 2.29. The van der Waals surface area contributed by atoms with Gasteiger partial charge in [-0.25, -0.2) is 0 Å². The first-order chi connectivity index (χ1) is 12.7. The van der Waals surface area contributed by atoms with E-state index in [4.69, 9.17) is 25.8 Å². The first-order valence-corrected chi connectivity index (χ1v) is 9.13. The SMILES string of the molecule is CCOc1cc(/C=N\N2CCOCC2)ccc1OCc1ccc(Cl)cc1. The van der Waals surface area contributed by atoms with E-state index in [0.717, 1.165) is 37.4 Å². The van der Waals surface area contributed by atoms with Crippen molar-refractivity contribution in [2.75, 3.05) is 32.9 Å². The number of nitrogens with zero attached hydrogens (tertiary/aromatic N) is 2. The molecule has 138 valence electrons. The standard InChI is InChI=1S/C20H23ClN2O3/c1-2-25-20-13-17(14-22-23-9-11-24-12-10-23)5-8-19(20)26-15-16-3-6-18(21)7-4-16/h3-8,13-14H,2,9-12,15H2,1H3/b22-14-. The molecule has 0 unspecified atom stereocenters. The molecule has 0 atom stereocenters. The molecule has 3 rings (SSSR count). The predicted molar refractivity (Wildman–Crippen MR) is 103 cm³/mol. The fraction of sp³-hybridized carbons (Fsp3) is 0.350. The molecule has 0 amide bonds. The normalized spacial score (nSPS) is 14.6. The Morgan fingerprint density at radius 2 is 1.85 bits per heavy atom. The van der Waals surface area contributed by atoms with E-state index >= 15 is 0 Å². The van der Waals surface area contributed by atoms with Crippen molar-refractivity contribution in [3.63, 3.8) is 0 Å². The molecule has 1 saturated heterocycles. The zero-order valence-corrected chi connectivity index (χ0v) is 15.6. The Morgan fingerprint density at radius 3 is 2.58 bits per heavy atom. The van der Waals surface area contributed by atoms with Gasteiger partial charge in [0, 0.05) is 5.02 Å². The topological polar surface area (TPSA) is 43.3 Å². The Bertz CT molecular complexity index is 728. The van der Waals surface area contributed by atoms with Crippen LogP contribution in [0.1, 0.15) is 18.1 Å². The van der Waals surface area contributed by atoms with Crippen LogP contribution in [0.2, 0.25) is 5.02 Å². The van der Waals surface area contributed by atoms with Crippen molar-refractivity contribution in [1.29, 1.82) is 0 Å². The van der Waals surface area contributed by atoms with Crippen LogP contribution >= 0.6 is 11.6 Å². The first-order valence-electron chi connectivity index (χ1n) is 8.75. The van der Waals surface area contributed by atoms with Gasteiger partial charge in [0.15, 0.2) is 11.5 Å². The second-order valence-corrected chi connectivity index (χ2v) is 6.30. The molecule has 0 radical (unpaired) electrons. The Labute approximate surface area is 159 Å². The molecule has 0 aromatic heterocycles. The van der Waals surface area contributed by atoms with Crippen LogP contribution in [0.25, 0.3) is 0 Å². The third-order valence-corrected chi connectivity index (χ3v) is 4.18. The zero-order valence-electron chi connectivity index (χ0n) is 14.9. The molecule has 0 spiro atoms. The number of rotatable bonds is 7. The highest BCUT2D eigenvalue weighted by Gasteiger charge is 2.09. The number of morpholine rings is 1. The van der Waals surface area contributed by atoms with E-state index in [9.17, 15) is 0 Å². The summed E-state index contributed by atoms with van der Waals surface area (Å²) in [5.41, 5.74) is 2.02. The smallest absolute Gasteiger partial charge is 0.161 e. The molecule has 0 N–H and O–H groups in total. The summed E-state index contributed by atoms with van der Waals surface area (Å²) in [5.74, 6) is 1.43. The van der Waals surface area contributed by atoms with E-state index in [1.54, 1.807) is 0 Å². The minimum absolute atomic E-state index is 0.457. The lowest BCUT2D eigenvalue weighted by atomic mass is 10.2. The molecule has 0 aliphatic carbocycles. The molecule has 5 nitrogen and oxygen atoms in total. The minimum atomic E-state index is 0.457. The molecule has 1 aliphatic rings. The van der Waals surface area contributed by atoms with Gasteiger partial charge in [0.25, 0.3) is 0 Å². The average Bonchev–Trinajstić information content (AvgIpc) is 2.68. The van der Waals surface area contributed by atoms with Crippen LogP contribution in [-0.2, 0) is 11.3 Å². The molecule has 2 aromatic carbocycles. The van der Waals surface area contributed by atoms with Crippen molar-refractivity contribution >= 4 is 17.8 Å². The zero-order chi connectivity index (χ0) is 18.2. The summed E-state index contributed by atoms with van der Waals surface area (Å²) in [5, 5.41) is 7.23. The molecule has 2 aromatic rings. The maximum atomic E-state index is 5.93. The number of halogens is 1. The molecule has 0 bridgehead atoms. The van der Waals surface area contributed by atoms with Gasteiger partial charge < -0.3 is 14.2 Å². The van der Waals surface area contributed by atoms with Crippen LogP contribution in [0.15, 0.2) is 47.6 Å². The maximum absolute atomic E-state index is 5.93. The largest absolute Gasteiger partial charge is 0.490 e. The Morgan fingerprint density at radius 1 is 1.08 bits per heavy atom. The Balaban J connectivity index is 1.67. The quantitative estimate of drug-likeness (QED) is 0.687. The molecule has 1 fully saturated rings. The highest BCUT2D eigenvalue weighted by atomic mass is 35.5. The molecular formula is C20H23ClN2O3. The van der Waals surface area contributed by atoms with Crippen molar-refractivity contribution < 1.29 is 14.2 Å². The van der Waals surface area contributed by atoms with Gasteiger partial charge in [-0.05, 0) is 48.4 Å². The van der Waals surface area contributed by atoms with Crippen molar-refractivity contribution in [1.82, 2.24) is 5.01 Å². The van der Waals surface area contributed by atoms with Crippen molar-refractivity contribution in [2.24, 2.45) is 5.10 Å². The molecular weight excluding hydrogens is 352 g/mol. The van der Waals surface area contributed by atoms with Crippen LogP contribution < -0.4 is 9.47 Å². The third-order valence-electron chi connectivity index (χ3n) is 3.93. The van der Waals surface area contributed by atoms with Crippen molar-refractivity contribution in [3.8, 4) is 11.5 Å². The fourth-order valence-electron chi connectivity index (χ4n) is 2.55.